The number of rotatable bonds is 4. The highest BCUT2D eigenvalue weighted by Crippen LogP contribution is 2.22. The van der Waals surface area contributed by atoms with Crippen LogP contribution in [0.1, 0.15) is 18.3 Å². The first kappa shape index (κ1) is 12.5. The van der Waals surface area contributed by atoms with E-state index in [1.54, 1.807) is 10.9 Å². The zero-order valence-corrected chi connectivity index (χ0v) is 11.2. The average Bonchev–Trinajstić information content (AvgIpc) is 2.70. The van der Waals surface area contributed by atoms with E-state index in [1.165, 1.54) is 0 Å². The first-order valence-electron chi connectivity index (χ1n) is 5.66. The zero-order valence-electron chi connectivity index (χ0n) is 10.3. The summed E-state index contributed by atoms with van der Waals surface area (Å²) in [6.45, 7) is 2.06. The van der Waals surface area contributed by atoms with Gasteiger partial charge in [0.05, 0.1) is 17.1 Å². The van der Waals surface area contributed by atoms with E-state index < -0.39 is 0 Å². The Balaban J connectivity index is 2.36. The number of aromatic nitrogens is 3. The summed E-state index contributed by atoms with van der Waals surface area (Å²) in [7, 11) is 1.89. The maximum absolute atomic E-state index is 5.65. The fourth-order valence-electron chi connectivity index (χ4n) is 1.75. The molecule has 0 aliphatic carbocycles. The van der Waals surface area contributed by atoms with Gasteiger partial charge in [0.2, 0.25) is 0 Å². The molecule has 2 rings (SSSR count). The number of thiocarbonyl (C=S) groups is 1. The molecule has 0 spiro atoms. The summed E-state index contributed by atoms with van der Waals surface area (Å²) in [6.07, 6.45) is 4.45. The van der Waals surface area contributed by atoms with Crippen molar-refractivity contribution in [1.29, 1.82) is 0 Å². The van der Waals surface area contributed by atoms with Gasteiger partial charge in [0.25, 0.3) is 0 Å². The Morgan fingerprint density at radius 3 is 2.94 bits per heavy atom. The van der Waals surface area contributed by atoms with Crippen molar-refractivity contribution in [1.82, 2.24) is 14.8 Å². The zero-order chi connectivity index (χ0) is 13.1. The van der Waals surface area contributed by atoms with Crippen molar-refractivity contribution in [3.8, 4) is 0 Å². The third-order valence-electron chi connectivity index (χ3n) is 2.55. The van der Waals surface area contributed by atoms with Crippen LogP contribution in [0, 0.1) is 0 Å². The Morgan fingerprint density at radius 1 is 1.50 bits per heavy atom. The molecule has 0 amide bonds. The second-order valence-corrected chi connectivity index (χ2v) is 4.35. The van der Waals surface area contributed by atoms with Gasteiger partial charge in [-0.05, 0) is 18.6 Å². The third-order valence-corrected chi connectivity index (χ3v) is 2.74. The van der Waals surface area contributed by atoms with Crippen molar-refractivity contribution in [3.05, 3.63) is 35.9 Å². The second kappa shape index (κ2) is 5.14. The molecule has 2 heterocycles. The number of nitrogens with two attached hydrogens (primary N) is 1. The lowest BCUT2D eigenvalue weighted by Gasteiger charge is -2.09. The number of pyridine rings is 1. The van der Waals surface area contributed by atoms with Crippen molar-refractivity contribution >= 4 is 28.6 Å². The van der Waals surface area contributed by atoms with Crippen molar-refractivity contribution in [2.75, 3.05) is 5.32 Å². The van der Waals surface area contributed by atoms with Crippen LogP contribution in [-0.4, -0.2) is 19.8 Å². The van der Waals surface area contributed by atoms with Gasteiger partial charge < -0.3 is 11.1 Å². The van der Waals surface area contributed by atoms with Crippen molar-refractivity contribution in [3.63, 3.8) is 0 Å². The molecule has 6 heteroatoms. The van der Waals surface area contributed by atoms with E-state index in [9.17, 15) is 0 Å². The SMILES string of the molecule is CCc1nn(C)cc1Nc1cccnc1C(N)=S. The van der Waals surface area contributed by atoms with Crippen LogP contribution in [0.3, 0.4) is 0 Å². The van der Waals surface area contributed by atoms with E-state index in [4.69, 9.17) is 18.0 Å². The Morgan fingerprint density at radius 2 is 2.28 bits per heavy atom. The molecule has 0 saturated heterocycles. The van der Waals surface area contributed by atoms with Crippen LogP contribution in [-0.2, 0) is 13.5 Å². The first-order chi connectivity index (χ1) is 8.61. The molecule has 0 fully saturated rings. The Kier molecular flexibility index (Phi) is 3.57. The van der Waals surface area contributed by atoms with E-state index in [0.717, 1.165) is 23.5 Å². The highest BCUT2D eigenvalue weighted by molar-refractivity contribution is 7.80. The Bertz CT molecular complexity index is 576. The largest absolute Gasteiger partial charge is 0.388 e. The molecule has 0 aromatic carbocycles. The van der Waals surface area contributed by atoms with Crippen LogP contribution in [0.2, 0.25) is 0 Å². The lowest BCUT2D eigenvalue weighted by Crippen LogP contribution is -2.14. The maximum atomic E-state index is 5.65. The lowest BCUT2D eigenvalue weighted by atomic mass is 10.2. The van der Waals surface area contributed by atoms with Crippen LogP contribution >= 0.6 is 12.2 Å². The molecule has 5 nitrogen and oxygen atoms in total. The van der Waals surface area contributed by atoms with E-state index in [-0.39, 0.29) is 4.99 Å². The number of nitrogens with zero attached hydrogens (tertiary/aromatic N) is 3. The topological polar surface area (TPSA) is 68.8 Å². The molecule has 0 saturated carbocycles. The van der Waals surface area contributed by atoms with Crippen LogP contribution in [0.5, 0.6) is 0 Å². The minimum Gasteiger partial charge on any atom is -0.388 e. The molecule has 18 heavy (non-hydrogen) atoms. The van der Waals surface area contributed by atoms with Crippen molar-refractivity contribution in [2.24, 2.45) is 12.8 Å². The quantitative estimate of drug-likeness (QED) is 0.821. The lowest BCUT2D eigenvalue weighted by molar-refractivity contribution is 0.746. The van der Waals surface area contributed by atoms with Crippen molar-refractivity contribution < 1.29 is 0 Å². The van der Waals surface area contributed by atoms with E-state index in [0.29, 0.717) is 5.69 Å². The Hall–Kier alpha value is -1.95. The highest BCUT2D eigenvalue weighted by atomic mass is 32.1. The molecule has 2 aromatic rings. The molecule has 0 bridgehead atoms. The van der Waals surface area contributed by atoms with Crippen molar-refractivity contribution in [2.45, 2.75) is 13.3 Å². The van der Waals surface area contributed by atoms with Gasteiger partial charge in [0.15, 0.2) is 0 Å². The minimum atomic E-state index is 0.278. The standard InChI is InChI=1S/C12H15N5S/c1-3-8-10(7-17(2)16-8)15-9-5-4-6-14-11(9)12(13)18/h4-7,15H,3H2,1-2H3,(H2,13,18). The Labute approximate surface area is 111 Å². The van der Waals surface area contributed by atoms with Gasteiger partial charge in [0.1, 0.15) is 10.7 Å². The molecule has 0 radical (unpaired) electrons. The summed E-state index contributed by atoms with van der Waals surface area (Å²) >= 11 is 4.99. The monoisotopic (exact) mass is 261 g/mol. The molecule has 0 aliphatic heterocycles. The normalized spacial score (nSPS) is 10.3. The first-order valence-corrected chi connectivity index (χ1v) is 6.07. The van der Waals surface area contributed by atoms with Gasteiger partial charge in [-0.1, -0.05) is 19.1 Å². The molecule has 3 N–H and O–H groups in total. The molecular formula is C12H15N5S. The third kappa shape index (κ3) is 2.48. The molecule has 2 aromatic heterocycles. The summed E-state index contributed by atoms with van der Waals surface area (Å²) in [4.78, 5) is 4.46. The van der Waals surface area contributed by atoms with Crippen LogP contribution < -0.4 is 11.1 Å². The van der Waals surface area contributed by atoms with Crippen LogP contribution in [0.25, 0.3) is 0 Å². The molecule has 0 atom stereocenters. The summed E-state index contributed by atoms with van der Waals surface area (Å²) in [6, 6.07) is 3.74. The predicted octanol–water partition coefficient (Wildman–Crippen LogP) is 1.76. The number of hydrogen-bond donors (Lipinski definition) is 2. The molecule has 0 unspecified atom stereocenters. The highest BCUT2D eigenvalue weighted by Gasteiger charge is 2.10. The fraction of sp³-hybridized carbons (Fsp3) is 0.250. The predicted molar refractivity (Wildman–Crippen MR) is 76.0 cm³/mol. The van der Waals surface area contributed by atoms with E-state index in [1.807, 2.05) is 25.4 Å². The molecule has 0 aliphatic rings. The van der Waals surface area contributed by atoms with Crippen LogP contribution in [0.15, 0.2) is 24.5 Å². The van der Waals surface area contributed by atoms with Gasteiger partial charge in [-0.3, -0.25) is 9.67 Å². The number of anilines is 2. The molecular weight excluding hydrogens is 246 g/mol. The average molecular weight is 261 g/mol. The number of nitrogens with one attached hydrogen (secondary N) is 1. The van der Waals surface area contributed by atoms with Gasteiger partial charge in [-0.15, -0.1) is 0 Å². The van der Waals surface area contributed by atoms with Gasteiger partial charge in [-0.2, -0.15) is 5.10 Å². The summed E-state index contributed by atoms with van der Waals surface area (Å²) in [5.74, 6) is 0. The maximum Gasteiger partial charge on any atom is 0.124 e. The minimum absolute atomic E-state index is 0.278. The van der Waals surface area contributed by atoms with Gasteiger partial charge in [-0.25, -0.2) is 0 Å². The van der Waals surface area contributed by atoms with E-state index >= 15 is 0 Å². The van der Waals surface area contributed by atoms with Crippen LogP contribution in [0.4, 0.5) is 11.4 Å². The summed E-state index contributed by atoms with van der Waals surface area (Å²) in [5, 5.41) is 7.65. The van der Waals surface area contributed by atoms with E-state index in [2.05, 4.69) is 22.3 Å². The second-order valence-electron chi connectivity index (χ2n) is 3.91. The smallest absolute Gasteiger partial charge is 0.124 e. The fourth-order valence-corrected chi connectivity index (χ4v) is 1.91. The summed E-state index contributed by atoms with van der Waals surface area (Å²) in [5.41, 5.74) is 8.99. The number of hydrogen-bond acceptors (Lipinski definition) is 4. The summed E-state index contributed by atoms with van der Waals surface area (Å²) < 4.78 is 1.78. The number of aryl methyl sites for hydroxylation is 2. The van der Waals surface area contributed by atoms with Gasteiger partial charge in [0, 0.05) is 19.4 Å². The van der Waals surface area contributed by atoms with Gasteiger partial charge >= 0.3 is 0 Å². The molecule has 94 valence electrons.